The van der Waals surface area contributed by atoms with Gasteiger partial charge in [-0.05, 0) is 49.2 Å². The Hall–Kier alpha value is -2.20. The van der Waals surface area contributed by atoms with E-state index < -0.39 is 5.41 Å². The van der Waals surface area contributed by atoms with E-state index in [9.17, 15) is 9.18 Å². The predicted molar refractivity (Wildman–Crippen MR) is 95.5 cm³/mol. The van der Waals surface area contributed by atoms with E-state index in [0.717, 1.165) is 37.1 Å². The number of likely N-dealkylation sites (tertiary alicyclic amines) is 1. The van der Waals surface area contributed by atoms with E-state index in [-0.39, 0.29) is 17.6 Å². The molecule has 2 saturated heterocycles. The Labute approximate surface area is 147 Å². The molecule has 1 atom stereocenters. The molecule has 0 saturated carbocycles. The maximum Gasteiger partial charge on any atom is 0.229 e. The Morgan fingerprint density at radius 2 is 1.84 bits per heavy atom. The van der Waals surface area contributed by atoms with E-state index in [1.165, 1.54) is 6.07 Å². The number of halogens is 1. The zero-order chi connectivity index (χ0) is 17.3. The normalized spacial score (nSPS) is 22.5. The molecule has 2 heterocycles. The summed E-state index contributed by atoms with van der Waals surface area (Å²) < 4.78 is 13.8. The minimum atomic E-state index is -0.395. The topological polar surface area (TPSA) is 32.3 Å². The van der Waals surface area contributed by atoms with Crippen molar-refractivity contribution in [2.75, 3.05) is 19.6 Å². The van der Waals surface area contributed by atoms with Crippen LogP contribution in [0.25, 0.3) is 0 Å². The van der Waals surface area contributed by atoms with Gasteiger partial charge in [0.2, 0.25) is 5.91 Å². The van der Waals surface area contributed by atoms with Crippen LogP contribution >= 0.6 is 0 Å². The Morgan fingerprint density at radius 3 is 2.56 bits per heavy atom. The average Bonchev–Trinajstić information content (AvgIpc) is 2.89. The van der Waals surface area contributed by atoms with Gasteiger partial charge in [-0.1, -0.05) is 42.5 Å². The van der Waals surface area contributed by atoms with Crippen LogP contribution in [0.5, 0.6) is 0 Å². The summed E-state index contributed by atoms with van der Waals surface area (Å²) in [6, 6.07) is 16.9. The maximum absolute atomic E-state index is 13.8. The second-order valence-corrected chi connectivity index (χ2v) is 7.19. The first-order valence-electron chi connectivity index (χ1n) is 8.98. The fourth-order valence-corrected chi connectivity index (χ4v) is 4.47. The zero-order valence-electron chi connectivity index (χ0n) is 14.2. The van der Waals surface area contributed by atoms with Gasteiger partial charge in [-0.15, -0.1) is 0 Å². The SMILES string of the molecule is O=C1N(Cc2ccccc2)CC(c2cccc(F)c2)C12CCNCC2. The van der Waals surface area contributed by atoms with Gasteiger partial charge >= 0.3 is 0 Å². The number of nitrogens with zero attached hydrogens (tertiary/aromatic N) is 1. The van der Waals surface area contributed by atoms with Crippen molar-refractivity contribution in [2.24, 2.45) is 5.41 Å². The number of benzene rings is 2. The lowest BCUT2D eigenvalue weighted by atomic mass is 9.68. The first-order valence-corrected chi connectivity index (χ1v) is 8.98. The highest BCUT2D eigenvalue weighted by molar-refractivity contribution is 5.87. The number of amides is 1. The lowest BCUT2D eigenvalue weighted by Crippen LogP contribution is -2.44. The van der Waals surface area contributed by atoms with Crippen molar-refractivity contribution in [2.45, 2.75) is 25.3 Å². The van der Waals surface area contributed by atoms with Gasteiger partial charge in [-0.2, -0.15) is 0 Å². The Kier molecular flexibility index (Phi) is 4.30. The number of piperidine rings is 1. The molecular formula is C21H23FN2O. The number of rotatable bonds is 3. The van der Waals surface area contributed by atoms with Crippen LogP contribution in [0.15, 0.2) is 54.6 Å². The van der Waals surface area contributed by atoms with Crippen LogP contribution in [0.4, 0.5) is 4.39 Å². The molecule has 3 nitrogen and oxygen atoms in total. The van der Waals surface area contributed by atoms with E-state index in [2.05, 4.69) is 17.4 Å². The Bertz CT molecular complexity index is 756. The molecule has 2 aliphatic rings. The van der Waals surface area contributed by atoms with Crippen LogP contribution in [-0.2, 0) is 11.3 Å². The van der Waals surface area contributed by atoms with E-state index in [4.69, 9.17) is 0 Å². The van der Waals surface area contributed by atoms with Gasteiger partial charge in [0.05, 0.1) is 5.41 Å². The lowest BCUT2D eigenvalue weighted by molar-refractivity contribution is -0.138. The van der Waals surface area contributed by atoms with Gasteiger partial charge in [0.25, 0.3) is 0 Å². The van der Waals surface area contributed by atoms with Crippen molar-refractivity contribution >= 4 is 5.91 Å². The highest BCUT2D eigenvalue weighted by Crippen LogP contribution is 2.50. The molecule has 4 rings (SSSR count). The average molecular weight is 338 g/mol. The molecule has 2 aromatic carbocycles. The van der Waals surface area contributed by atoms with E-state index in [0.29, 0.717) is 13.1 Å². The number of hydrogen-bond donors (Lipinski definition) is 1. The van der Waals surface area contributed by atoms with Crippen molar-refractivity contribution in [3.05, 3.63) is 71.5 Å². The maximum atomic E-state index is 13.8. The fraction of sp³-hybridized carbons (Fsp3) is 0.381. The molecule has 1 amide bonds. The third-order valence-electron chi connectivity index (χ3n) is 5.75. The monoisotopic (exact) mass is 338 g/mol. The number of carbonyl (C=O) groups is 1. The quantitative estimate of drug-likeness (QED) is 0.931. The molecule has 1 spiro atoms. The first kappa shape index (κ1) is 16.3. The molecule has 0 bridgehead atoms. The summed E-state index contributed by atoms with van der Waals surface area (Å²) >= 11 is 0. The molecular weight excluding hydrogens is 315 g/mol. The minimum absolute atomic E-state index is 0.0570. The second kappa shape index (κ2) is 6.60. The summed E-state index contributed by atoms with van der Waals surface area (Å²) in [5, 5.41) is 3.36. The molecule has 4 heteroatoms. The molecule has 1 N–H and O–H groups in total. The molecule has 2 aliphatic heterocycles. The minimum Gasteiger partial charge on any atom is -0.337 e. The van der Waals surface area contributed by atoms with Gasteiger partial charge in [-0.25, -0.2) is 4.39 Å². The highest BCUT2D eigenvalue weighted by atomic mass is 19.1. The van der Waals surface area contributed by atoms with Crippen molar-refractivity contribution < 1.29 is 9.18 Å². The summed E-state index contributed by atoms with van der Waals surface area (Å²) in [6.45, 7) is 2.98. The number of carbonyl (C=O) groups excluding carboxylic acids is 1. The van der Waals surface area contributed by atoms with Crippen molar-refractivity contribution in [3.8, 4) is 0 Å². The van der Waals surface area contributed by atoms with Crippen LogP contribution < -0.4 is 5.32 Å². The van der Waals surface area contributed by atoms with Gasteiger partial charge in [-0.3, -0.25) is 4.79 Å². The molecule has 130 valence electrons. The van der Waals surface area contributed by atoms with Gasteiger partial charge in [0.1, 0.15) is 5.82 Å². The summed E-state index contributed by atoms with van der Waals surface area (Å²) in [5.74, 6) is 0.0594. The van der Waals surface area contributed by atoms with E-state index >= 15 is 0 Å². The van der Waals surface area contributed by atoms with E-state index in [1.807, 2.05) is 29.2 Å². The Balaban J connectivity index is 1.68. The third kappa shape index (κ3) is 2.95. The second-order valence-electron chi connectivity index (χ2n) is 7.19. The third-order valence-corrected chi connectivity index (χ3v) is 5.75. The number of nitrogens with one attached hydrogen (secondary N) is 1. The molecule has 0 aliphatic carbocycles. The molecule has 0 radical (unpaired) electrons. The van der Waals surface area contributed by atoms with Crippen LogP contribution in [0.1, 0.15) is 29.9 Å². The Morgan fingerprint density at radius 1 is 1.08 bits per heavy atom. The zero-order valence-corrected chi connectivity index (χ0v) is 14.2. The number of hydrogen-bond acceptors (Lipinski definition) is 2. The standard InChI is InChI=1S/C21H23FN2O/c22-18-8-4-7-17(13-18)19-15-24(14-16-5-2-1-3-6-16)20(25)21(19)9-11-23-12-10-21/h1-8,13,19,23H,9-12,14-15H2. The van der Waals surface area contributed by atoms with Crippen LogP contribution in [-0.4, -0.2) is 30.4 Å². The van der Waals surface area contributed by atoms with Crippen LogP contribution in [0.3, 0.4) is 0 Å². The lowest BCUT2D eigenvalue weighted by Gasteiger charge is -2.36. The largest absolute Gasteiger partial charge is 0.337 e. The van der Waals surface area contributed by atoms with Gasteiger partial charge in [0.15, 0.2) is 0 Å². The molecule has 25 heavy (non-hydrogen) atoms. The van der Waals surface area contributed by atoms with Gasteiger partial charge in [0, 0.05) is 19.0 Å². The fourth-order valence-electron chi connectivity index (χ4n) is 4.47. The summed E-state index contributed by atoms with van der Waals surface area (Å²) in [4.78, 5) is 15.3. The van der Waals surface area contributed by atoms with Crippen molar-refractivity contribution in [1.82, 2.24) is 10.2 Å². The molecule has 2 aromatic rings. The van der Waals surface area contributed by atoms with Crippen LogP contribution in [0, 0.1) is 11.2 Å². The van der Waals surface area contributed by atoms with Crippen LogP contribution in [0.2, 0.25) is 0 Å². The molecule has 0 aromatic heterocycles. The summed E-state index contributed by atoms with van der Waals surface area (Å²) in [6.07, 6.45) is 1.64. The smallest absolute Gasteiger partial charge is 0.229 e. The predicted octanol–water partition coefficient (Wildman–Crippen LogP) is 3.32. The molecule has 2 fully saturated rings. The van der Waals surface area contributed by atoms with Crippen molar-refractivity contribution in [1.29, 1.82) is 0 Å². The van der Waals surface area contributed by atoms with Crippen molar-refractivity contribution in [3.63, 3.8) is 0 Å². The first-order chi connectivity index (χ1) is 12.2. The van der Waals surface area contributed by atoms with E-state index in [1.54, 1.807) is 12.1 Å². The summed E-state index contributed by atoms with van der Waals surface area (Å²) in [7, 11) is 0. The van der Waals surface area contributed by atoms with Gasteiger partial charge < -0.3 is 10.2 Å². The highest BCUT2D eigenvalue weighted by Gasteiger charge is 2.54. The summed E-state index contributed by atoms with van der Waals surface area (Å²) in [5.41, 5.74) is 1.69. The molecule has 1 unspecified atom stereocenters.